The first-order valence-corrected chi connectivity index (χ1v) is 70.0. The Bertz CT molecular complexity index is 6130. The number of ether oxygens (including phenoxy) is 12. The van der Waals surface area contributed by atoms with Crippen LogP contribution in [0.1, 0.15) is 140 Å². The van der Waals surface area contributed by atoms with E-state index >= 15 is 0 Å². The van der Waals surface area contributed by atoms with Gasteiger partial charge < -0.3 is 28.6 Å². The molecule has 18 nitrogen and oxygen atoms in total. The molecule has 12 aromatic carbocycles. The molecule has 6 atom stereocenters. The molecule has 1 aromatic heterocycles. The van der Waals surface area contributed by atoms with Gasteiger partial charge in [-0.25, -0.2) is 0 Å². The van der Waals surface area contributed by atoms with Crippen LogP contribution in [0.5, 0.6) is 40.2 Å². The van der Waals surface area contributed by atoms with Crippen molar-refractivity contribution in [3.8, 4) is 50.8 Å². The second-order valence-electron chi connectivity index (χ2n) is 37.6. The van der Waals surface area contributed by atoms with Crippen LogP contribution in [-0.2, 0) is 33.5 Å². The van der Waals surface area contributed by atoms with E-state index in [1.54, 1.807) is 14.9 Å². The Labute approximate surface area is 960 Å². The fourth-order valence-electron chi connectivity index (χ4n) is 16.8. The molecule has 16 rings (SSSR count). The Hall–Kier alpha value is -7.47. The summed E-state index contributed by atoms with van der Waals surface area (Å²) < 4.78 is 81.9. The third-order valence-electron chi connectivity index (χ3n) is 25.2. The van der Waals surface area contributed by atoms with Gasteiger partial charge in [0.25, 0.3) is 0 Å². The van der Waals surface area contributed by atoms with Crippen LogP contribution in [-0.4, -0.2) is 224 Å². The predicted molar refractivity (Wildman–Crippen MR) is 606 cm³/mol. The quantitative estimate of drug-likeness (QED) is 0.0155. The molecule has 0 aliphatic carbocycles. The molecule has 0 N–H and O–H groups in total. The topological polar surface area (TPSA) is 140 Å². The number of fused-ring (bicyclic) bond motifs is 1. The summed E-state index contributed by atoms with van der Waals surface area (Å²) in [5.74, 6) is 5.91. The van der Waals surface area contributed by atoms with Crippen molar-refractivity contribution in [1.82, 2.24) is 19.7 Å². The zero-order valence-corrected chi connectivity index (χ0v) is 105. The van der Waals surface area contributed by atoms with Gasteiger partial charge in [0.05, 0.1) is 26.4 Å². The number of rotatable bonds is 42. The van der Waals surface area contributed by atoms with Gasteiger partial charge in [-0.1, -0.05) is 72.0 Å². The molecule has 13 aromatic rings. The number of aryl methyl sites for hydroxylation is 3. The Morgan fingerprint density at radius 3 is 1.46 bits per heavy atom. The SMILES string of the molecule is CCCOc1c(CI)cccc1OC(c1ccccc1)C1CN(C)CCO1.CCCOc1cc([I-]C)ccc1OC(c1ccccc1)C1CN(C)CCO1.CCCOc1cccc([I-]C)c1OC(c1ccccc1)C1CN(C)CCO1.CCOCCOCCOc1ccc(/C=C/c2ccc(N(C)C)c([I-]C)c2)cc1.C[I-]c1cc(-c2nc3ccc(C)cc3s2)ccc1N(C)C.C[I-]c1cc(C(C)(C)c2ccc(C)cc2)ccc1C. The van der Waals surface area contributed by atoms with Gasteiger partial charge in [0.1, 0.15) is 6.10 Å². The van der Waals surface area contributed by atoms with Crippen molar-refractivity contribution in [2.45, 2.75) is 128 Å². The number of benzene rings is 12. The number of anilines is 2. The van der Waals surface area contributed by atoms with E-state index in [-0.39, 0.29) is 148 Å². The summed E-state index contributed by atoms with van der Waals surface area (Å²) in [6.07, 6.45) is 6.69. The molecule has 808 valence electrons. The first-order chi connectivity index (χ1) is 72.3. The minimum absolute atomic E-state index is 0.00622. The Kier molecular flexibility index (Phi) is 53.4. The van der Waals surface area contributed by atoms with Crippen molar-refractivity contribution in [2.75, 3.05) is 196 Å². The van der Waals surface area contributed by atoms with Gasteiger partial charge in [-0.3, -0.25) is 0 Å². The van der Waals surface area contributed by atoms with Crippen LogP contribution in [0, 0.1) is 38.6 Å². The number of halogens is 6. The van der Waals surface area contributed by atoms with Crippen molar-refractivity contribution in [1.29, 1.82) is 0 Å². The number of likely N-dealkylation sites (N-methyl/N-ethyl adjacent to an activating group) is 3. The molecule has 0 bridgehead atoms. The Balaban J connectivity index is 0.000000170. The van der Waals surface area contributed by atoms with Crippen LogP contribution in [0.4, 0.5) is 11.4 Å². The Morgan fingerprint density at radius 2 is 0.919 bits per heavy atom. The van der Waals surface area contributed by atoms with Crippen LogP contribution >= 0.6 is 33.9 Å². The summed E-state index contributed by atoms with van der Waals surface area (Å²) in [5.41, 5.74) is 18.9. The molecule has 3 fully saturated rings. The molecule has 0 radical (unpaired) electrons. The zero-order chi connectivity index (χ0) is 106. The van der Waals surface area contributed by atoms with Crippen LogP contribution in [0.15, 0.2) is 267 Å². The summed E-state index contributed by atoms with van der Waals surface area (Å²) in [6, 6.07) is 93.9. The van der Waals surface area contributed by atoms with E-state index in [9.17, 15) is 0 Å². The molecule has 3 saturated heterocycles. The van der Waals surface area contributed by atoms with Crippen LogP contribution in [0.25, 0.3) is 32.9 Å². The Morgan fingerprint density at radius 1 is 0.423 bits per heavy atom. The first-order valence-electron chi connectivity index (χ1n) is 51.4. The molecule has 25 heteroatoms. The first kappa shape index (κ1) is 122. The van der Waals surface area contributed by atoms with Crippen LogP contribution < -0.4 is 149 Å². The zero-order valence-electron chi connectivity index (χ0n) is 91.1. The number of nitrogens with zero attached hydrogens (tertiary/aromatic N) is 6. The van der Waals surface area contributed by atoms with Crippen molar-refractivity contribution >= 4 is 67.7 Å². The van der Waals surface area contributed by atoms with E-state index in [0.717, 1.165) is 168 Å². The molecular formula is C124H157I6N6O12S-5. The standard InChI is InChI=1S/C23H31INO3.2C22H29INO3.C22H28INO3.C18H22I.C17H18IN2S/c1-5-26-14-15-27-16-17-28-21-11-8-19(9-12-21)6-7-20-10-13-23(25(3)4)22(18-20)24-2;1-4-14-25-19-12-8-11-18(23-2)22(19)27-21(17-9-6-5-7-10-17)20-16-24(3)13-15-26-20;1-4-13-25-20-15-18(23-2)10-11-19(20)27-22(17-8-6-5-7-9-17)21-16-24(3)12-14-26-21;1-3-13-26-21-18(15-23)10-7-11-19(21)27-22(17-8-5-4-6-9-17)20-16-24(2)12-14-25-20;1-13-6-9-15(10-7-13)18(3,4)16-11-8-14(2)17(12-16)19-5;1-11-5-7-14-16(9-11)21-17(19-14)12-6-8-15(20(3)4)13(10-12)18-2/h6-13,18H,5,14-17H2,1-4H3;5-12,20-21H,4,13-16H2,1-3H3;5-11,15,21-22H,4,12-14,16H2,1-3H3;4-11,20,22H,3,12-16H2,1-2H3;6-12H,1-5H3;5-10H,1-4H3/q3*-1;;2*-1/b7-6+;;;;;. The summed E-state index contributed by atoms with van der Waals surface area (Å²) in [5, 5.41) is 1.12. The molecule has 149 heavy (non-hydrogen) atoms. The molecule has 0 spiro atoms. The number of aromatic nitrogens is 1. The van der Waals surface area contributed by atoms with E-state index < -0.39 is 0 Å². The van der Waals surface area contributed by atoms with Crippen LogP contribution in [0.2, 0.25) is 0 Å². The number of alkyl halides is 6. The second kappa shape index (κ2) is 65.4. The molecule has 0 amide bonds. The average Bonchev–Trinajstić information content (AvgIpc) is 1.57. The summed E-state index contributed by atoms with van der Waals surface area (Å²) in [4.78, 5) is 27.5. The molecule has 6 unspecified atom stereocenters. The number of hydrogen-bond acceptors (Lipinski definition) is 19. The van der Waals surface area contributed by atoms with Crippen LogP contribution in [0.3, 0.4) is 0 Å². The molecule has 3 aliphatic heterocycles. The molecule has 3 aliphatic rings. The molecular weight excluding hydrogens is 2560 g/mol. The summed E-state index contributed by atoms with van der Waals surface area (Å²) >= 11 is 4.28. The fraction of sp³-hybridized carbons (Fsp3) is 0.395. The van der Waals surface area contributed by atoms with Gasteiger partial charge >= 0.3 is 758 Å². The van der Waals surface area contributed by atoms with Crippen molar-refractivity contribution < 1.29 is 163 Å². The number of morpholine rings is 3. The van der Waals surface area contributed by atoms with Crippen molar-refractivity contribution in [3.63, 3.8) is 0 Å². The third-order valence-corrected chi connectivity index (χ3v) is 37.4. The van der Waals surface area contributed by atoms with E-state index in [1.807, 2.05) is 67.6 Å². The van der Waals surface area contributed by atoms with Crippen molar-refractivity contribution in [2.24, 2.45) is 0 Å². The monoisotopic (exact) mass is 2720 g/mol. The number of thiazole rings is 1. The number of para-hydroxylation sites is 2. The third kappa shape index (κ3) is 38.2. The van der Waals surface area contributed by atoms with E-state index in [4.69, 9.17) is 61.8 Å². The summed E-state index contributed by atoms with van der Waals surface area (Å²) in [6.45, 7) is 32.2. The maximum atomic E-state index is 6.69. The number of hydrogen-bond donors (Lipinski definition) is 0. The van der Waals surface area contributed by atoms with Gasteiger partial charge in [0.15, 0.2) is 17.6 Å². The van der Waals surface area contributed by atoms with Gasteiger partial charge in [0, 0.05) is 29.7 Å². The molecule has 4 heterocycles. The van der Waals surface area contributed by atoms with Gasteiger partial charge in [-0.2, -0.15) is 0 Å². The fourth-order valence-corrected chi connectivity index (χ4v) is 26.5. The predicted octanol–water partition coefficient (Wildman–Crippen LogP) is 10.5. The van der Waals surface area contributed by atoms with Gasteiger partial charge in [-0.15, -0.1) is 0 Å². The summed E-state index contributed by atoms with van der Waals surface area (Å²) in [7, 11) is 14.8. The van der Waals surface area contributed by atoms with Gasteiger partial charge in [0.2, 0.25) is 0 Å². The van der Waals surface area contributed by atoms with Crippen molar-refractivity contribution in [3.05, 3.63) is 346 Å². The molecule has 0 saturated carbocycles. The van der Waals surface area contributed by atoms with E-state index in [0.29, 0.717) is 46.2 Å². The van der Waals surface area contributed by atoms with E-state index in [2.05, 4.69) is 395 Å². The van der Waals surface area contributed by atoms with E-state index in [1.165, 1.54) is 69.3 Å². The average molecular weight is 2720 g/mol. The minimum atomic E-state index is -0.178. The second-order valence-corrected chi connectivity index (χ2v) is 50.6. The maximum absolute atomic E-state index is 6.69. The van der Waals surface area contributed by atoms with Gasteiger partial charge in [-0.05, 0) is 32.0 Å². The normalized spacial score (nSPS) is 15.5.